The van der Waals surface area contributed by atoms with Gasteiger partial charge < -0.3 is 14.9 Å². The van der Waals surface area contributed by atoms with Crippen molar-refractivity contribution in [3.8, 4) is 0 Å². The number of β-amino-alcohol motifs (C(OH)–C–C–N with tert-alkyl or cyclic N) is 1. The number of nitrogens with zero attached hydrogens (tertiary/aromatic N) is 3. The Hall–Kier alpha value is -0.650. The molecule has 1 N–H and O–H groups in total. The molecule has 0 bridgehead atoms. The van der Waals surface area contributed by atoms with E-state index in [0.29, 0.717) is 12.6 Å². The van der Waals surface area contributed by atoms with Gasteiger partial charge in [0.15, 0.2) is 0 Å². The Morgan fingerprint density at radius 1 is 1.53 bits per heavy atom. The van der Waals surface area contributed by atoms with Crippen molar-refractivity contribution in [3.05, 3.63) is 22.9 Å². The van der Waals surface area contributed by atoms with Crippen LogP contribution < -0.4 is 4.90 Å². The average molecular weight is 300 g/mol. The molecule has 1 aliphatic heterocycles. The molecule has 0 spiro atoms. The number of rotatable bonds is 3. The zero-order valence-electron chi connectivity index (χ0n) is 10.2. The van der Waals surface area contributed by atoms with Crippen LogP contribution in [0.4, 0.5) is 5.69 Å². The molecule has 2 heterocycles. The van der Waals surface area contributed by atoms with Gasteiger partial charge in [0.2, 0.25) is 0 Å². The lowest BCUT2D eigenvalue weighted by molar-refractivity contribution is 0.191. The summed E-state index contributed by atoms with van der Waals surface area (Å²) < 4.78 is 0.972. The number of halogens is 1. The van der Waals surface area contributed by atoms with Crippen molar-refractivity contribution in [2.24, 2.45) is 0 Å². The standard InChI is InChI=1S/C12H18BrN3O/c1-15(2)7-11-4-12(17)8-16(11)10-3-9(13)5-14-6-10/h3,5-6,11-12,17H,4,7-8H2,1-2H3. The van der Waals surface area contributed by atoms with E-state index in [9.17, 15) is 5.11 Å². The predicted molar refractivity (Wildman–Crippen MR) is 72.2 cm³/mol. The summed E-state index contributed by atoms with van der Waals surface area (Å²) >= 11 is 3.43. The molecular formula is C12H18BrN3O. The maximum Gasteiger partial charge on any atom is 0.0735 e. The van der Waals surface area contributed by atoms with Crippen LogP contribution in [0, 0.1) is 0 Å². The number of aliphatic hydroxyl groups excluding tert-OH is 1. The first-order valence-electron chi connectivity index (χ1n) is 5.76. The summed E-state index contributed by atoms with van der Waals surface area (Å²) in [6.45, 7) is 1.64. The van der Waals surface area contributed by atoms with Gasteiger partial charge in [-0.25, -0.2) is 0 Å². The van der Waals surface area contributed by atoms with Crippen LogP contribution in [0.25, 0.3) is 0 Å². The number of anilines is 1. The molecule has 0 aromatic carbocycles. The molecule has 0 radical (unpaired) electrons. The third-order valence-electron chi connectivity index (χ3n) is 2.99. The first-order valence-corrected chi connectivity index (χ1v) is 6.55. The highest BCUT2D eigenvalue weighted by Gasteiger charge is 2.31. The van der Waals surface area contributed by atoms with Crippen molar-refractivity contribution in [1.82, 2.24) is 9.88 Å². The van der Waals surface area contributed by atoms with Gasteiger partial charge in [-0.2, -0.15) is 0 Å². The minimum absolute atomic E-state index is 0.237. The van der Waals surface area contributed by atoms with Crippen LogP contribution in [0.3, 0.4) is 0 Å². The largest absolute Gasteiger partial charge is 0.391 e. The molecule has 2 unspecified atom stereocenters. The summed E-state index contributed by atoms with van der Waals surface area (Å²) in [7, 11) is 4.12. The Labute approximate surface area is 110 Å². The molecule has 1 aromatic heterocycles. The highest BCUT2D eigenvalue weighted by atomic mass is 79.9. The molecule has 94 valence electrons. The van der Waals surface area contributed by atoms with E-state index in [4.69, 9.17) is 0 Å². The molecule has 0 saturated carbocycles. The fourth-order valence-corrected chi connectivity index (χ4v) is 2.71. The maximum absolute atomic E-state index is 9.82. The quantitative estimate of drug-likeness (QED) is 0.914. The summed E-state index contributed by atoms with van der Waals surface area (Å²) in [6.07, 6.45) is 4.21. The van der Waals surface area contributed by atoms with Gasteiger partial charge in [-0.3, -0.25) is 4.98 Å². The maximum atomic E-state index is 9.82. The van der Waals surface area contributed by atoms with Crippen LogP contribution in [-0.4, -0.2) is 54.3 Å². The molecule has 1 aliphatic rings. The summed E-state index contributed by atoms with van der Waals surface area (Å²) in [5.74, 6) is 0. The molecule has 2 rings (SSSR count). The lowest BCUT2D eigenvalue weighted by Crippen LogP contribution is -2.37. The van der Waals surface area contributed by atoms with Crippen LogP contribution in [-0.2, 0) is 0 Å². The second-order valence-electron chi connectivity index (χ2n) is 4.82. The van der Waals surface area contributed by atoms with Crippen LogP contribution in [0.1, 0.15) is 6.42 Å². The molecular weight excluding hydrogens is 282 g/mol. The topological polar surface area (TPSA) is 39.6 Å². The Morgan fingerprint density at radius 2 is 2.29 bits per heavy atom. The minimum atomic E-state index is -0.237. The number of aliphatic hydroxyl groups is 1. The lowest BCUT2D eigenvalue weighted by Gasteiger charge is -2.28. The van der Waals surface area contributed by atoms with E-state index in [1.165, 1.54) is 0 Å². The van der Waals surface area contributed by atoms with E-state index < -0.39 is 0 Å². The summed E-state index contributed by atoms with van der Waals surface area (Å²) in [6, 6.07) is 2.41. The van der Waals surface area contributed by atoms with Gasteiger partial charge in [0.05, 0.1) is 18.0 Å². The van der Waals surface area contributed by atoms with Crippen LogP contribution in [0.2, 0.25) is 0 Å². The highest BCUT2D eigenvalue weighted by molar-refractivity contribution is 9.10. The molecule has 17 heavy (non-hydrogen) atoms. The third-order valence-corrected chi connectivity index (χ3v) is 3.42. The van der Waals surface area contributed by atoms with E-state index >= 15 is 0 Å². The van der Waals surface area contributed by atoms with Crippen molar-refractivity contribution >= 4 is 21.6 Å². The normalized spacial score (nSPS) is 24.6. The Kier molecular flexibility index (Phi) is 4.01. The number of likely N-dealkylation sites (N-methyl/N-ethyl adjacent to an activating group) is 1. The van der Waals surface area contributed by atoms with Gasteiger partial charge in [0, 0.05) is 29.8 Å². The van der Waals surface area contributed by atoms with Gasteiger partial charge in [0.25, 0.3) is 0 Å². The van der Waals surface area contributed by atoms with Crippen molar-refractivity contribution in [2.45, 2.75) is 18.6 Å². The highest BCUT2D eigenvalue weighted by Crippen LogP contribution is 2.27. The zero-order valence-corrected chi connectivity index (χ0v) is 11.8. The van der Waals surface area contributed by atoms with E-state index in [1.807, 2.05) is 12.3 Å². The summed E-state index contributed by atoms with van der Waals surface area (Å²) in [5, 5.41) is 9.82. The fraction of sp³-hybridized carbons (Fsp3) is 0.583. The second kappa shape index (κ2) is 5.33. The Morgan fingerprint density at radius 3 is 2.94 bits per heavy atom. The average Bonchev–Trinajstić information content (AvgIpc) is 2.58. The van der Waals surface area contributed by atoms with Crippen LogP contribution in [0.15, 0.2) is 22.9 Å². The van der Waals surface area contributed by atoms with Crippen molar-refractivity contribution in [2.75, 3.05) is 32.1 Å². The van der Waals surface area contributed by atoms with E-state index in [2.05, 4.69) is 44.8 Å². The third kappa shape index (κ3) is 3.18. The lowest BCUT2D eigenvalue weighted by atomic mass is 10.2. The molecule has 4 nitrogen and oxygen atoms in total. The SMILES string of the molecule is CN(C)CC1CC(O)CN1c1cncc(Br)c1. The van der Waals surface area contributed by atoms with E-state index in [-0.39, 0.29) is 6.10 Å². The molecule has 1 saturated heterocycles. The van der Waals surface area contributed by atoms with Gasteiger partial charge in [-0.15, -0.1) is 0 Å². The zero-order chi connectivity index (χ0) is 12.4. The predicted octanol–water partition coefficient (Wildman–Crippen LogP) is 1.35. The smallest absolute Gasteiger partial charge is 0.0735 e. The number of aromatic nitrogens is 1. The van der Waals surface area contributed by atoms with Crippen molar-refractivity contribution in [1.29, 1.82) is 0 Å². The molecule has 0 amide bonds. The molecule has 1 fully saturated rings. The number of pyridine rings is 1. The molecule has 0 aliphatic carbocycles. The number of hydrogen-bond donors (Lipinski definition) is 1. The second-order valence-corrected chi connectivity index (χ2v) is 5.73. The van der Waals surface area contributed by atoms with Crippen LogP contribution in [0.5, 0.6) is 0 Å². The van der Waals surface area contributed by atoms with Gasteiger partial charge in [0.1, 0.15) is 0 Å². The number of hydrogen-bond acceptors (Lipinski definition) is 4. The first kappa shape index (κ1) is 12.8. The van der Waals surface area contributed by atoms with Crippen molar-refractivity contribution in [3.63, 3.8) is 0 Å². The van der Waals surface area contributed by atoms with Crippen molar-refractivity contribution < 1.29 is 5.11 Å². The minimum Gasteiger partial charge on any atom is -0.391 e. The molecule has 2 atom stereocenters. The monoisotopic (exact) mass is 299 g/mol. The first-order chi connectivity index (χ1) is 8.06. The van der Waals surface area contributed by atoms with E-state index in [0.717, 1.165) is 23.1 Å². The summed E-state index contributed by atoms with van der Waals surface area (Å²) in [4.78, 5) is 8.58. The summed E-state index contributed by atoms with van der Waals surface area (Å²) in [5.41, 5.74) is 1.07. The van der Waals surface area contributed by atoms with E-state index in [1.54, 1.807) is 6.20 Å². The van der Waals surface area contributed by atoms with Crippen LogP contribution >= 0.6 is 15.9 Å². The molecule has 5 heteroatoms. The van der Waals surface area contributed by atoms with Gasteiger partial charge in [-0.1, -0.05) is 0 Å². The fourth-order valence-electron chi connectivity index (χ4n) is 2.36. The van der Waals surface area contributed by atoms with Gasteiger partial charge >= 0.3 is 0 Å². The van der Waals surface area contributed by atoms with Gasteiger partial charge in [-0.05, 0) is 42.5 Å². The Balaban J connectivity index is 2.17. The molecule has 1 aromatic rings. The Bertz CT molecular complexity index is 386.